The zero-order valence-corrected chi connectivity index (χ0v) is 5.80. The fraction of sp³-hybridized carbons (Fsp3) is 0.600. The van der Waals surface area contributed by atoms with Crippen LogP contribution in [0.25, 0.3) is 0 Å². The largest absolute Gasteiger partial charge is 0.429 e. The third kappa shape index (κ3) is 5.57. The monoisotopic (exact) mass is 175 g/mol. The topological polar surface area (TPSA) is 56.8 Å². The molecule has 3 nitrogen and oxygen atoms in total. The van der Waals surface area contributed by atoms with Gasteiger partial charge in [0, 0.05) is 0 Å². The maximum atomic E-state index is 11.4. The predicted molar refractivity (Wildman–Crippen MR) is 32.5 cm³/mol. The molecular formula is C5H3BF3N2O. The summed E-state index contributed by atoms with van der Waals surface area (Å²) >= 11 is 0. The molecule has 0 spiro atoms. The molecule has 0 unspecified atom stereocenters. The Labute approximate surface area is 67.6 Å². The van der Waals surface area contributed by atoms with E-state index in [4.69, 9.17) is 10.5 Å². The van der Waals surface area contributed by atoms with E-state index in [1.807, 2.05) is 0 Å². The van der Waals surface area contributed by atoms with E-state index in [1.165, 1.54) is 12.1 Å². The quantitative estimate of drug-likeness (QED) is 0.596. The average Bonchev–Trinajstić information content (AvgIpc) is 1.96. The van der Waals surface area contributed by atoms with E-state index < -0.39 is 18.6 Å². The fourth-order valence-electron chi connectivity index (χ4n) is 0.342. The van der Waals surface area contributed by atoms with Crippen molar-refractivity contribution in [2.75, 3.05) is 6.61 Å². The second-order valence-electron chi connectivity index (χ2n) is 1.80. The summed E-state index contributed by atoms with van der Waals surface area (Å²) in [5.41, 5.74) is 0. The van der Waals surface area contributed by atoms with Gasteiger partial charge in [-0.2, -0.15) is 23.7 Å². The minimum absolute atomic E-state index is 0.352. The van der Waals surface area contributed by atoms with Crippen LogP contribution in [0, 0.1) is 28.6 Å². The van der Waals surface area contributed by atoms with Gasteiger partial charge in [0.05, 0.1) is 18.7 Å². The molecule has 1 radical (unpaired) electrons. The van der Waals surface area contributed by atoms with Gasteiger partial charge in [-0.15, -0.1) is 0 Å². The molecule has 0 saturated heterocycles. The van der Waals surface area contributed by atoms with E-state index >= 15 is 0 Å². The molecule has 7 heteroatoms. The van der Waals surface area contributed by atoms with Crippen LogP contribution in [-0.2, 0) is 4.65 Å². The van der Waals surface area contributed by atoms with Crippen molar-refractivity contribution in [3.05, 3.63) is 0 Å². The Morgan fingerprint density at radius 1 is 1.33 bits per heavy atom. The minimum atomic E-state index is -4.53. The summed E-state index contributed by atoms with van der Waals surface area (Å²) in [6, 6.07) is 2.93. The molecule has 0 aromatic rings. The zero-order valence-electron chi connectivity index (χ0n) is 5.80. The Kier molecular flexibility index (Phi) is 4.16. The predicted octanol–water partition coefficient (Wildman–Crippen LogP) is 0.805. The number of nitrogens with zero attached hydrogens (tertiary/aromatic N) is 2. The number of nitriles is 2. The van der Waals surface area contributed by atoms with Crippen LogP contribution in [0.15, 0.2) is 0 Å². The Hall–Kier alpha value is -1.21. The lowest BCUT2D eigenvalue weighted by Gasteiger charge is -2.04. The molecule has 0 rings (SSSR count). The Balaban J connectivity index is 3.59. The maximum absolute atomic E-state index is 11.4. The Morgan fingerprint density at radius 2 is 1.83 bits per heavy atom. The highest BCUT2D eigenvalue weighted by Gasteiger charge is 2.31. The molecule has 0 aliphatic heterocycles. The molecule has 0 aromatic carbocycles. The molecule has 0 saturated carbocycles. The van der Waals surface area contributed by atoms with Gasteiger partial charge in [-0.05, 0) is 0 Å². The van der Waals surface area contributed by atoms with Crippen molar-refractivity contribution in [3.8, 4) is 12.1 Å². The number of alkyl halides is 3. The molecule has 0 amide bonds. The smallest absolute Gasteiger partial charge is 0.429 e. The van der Waals surface area contributed by atoms with Crippen LogP contribution < -0.4 is 0 Å². The normalized spacial score (nSPS) is 10.5. The van der Waals surface area contributed by atoms with Crippen molar-refractivity contribution in [1.82, 2.24) is 0 Å². The van der Waals surface area contributed by atoms with Gasteiger partial charge in [-0.3, -0.25) is 0 Å². The van der Waals surface area contributed by atoms with Crippen molar-refractivity contribution >= 4 is 7.48 Å². The van der Waals surface area contributed by atoms with Crippen LogP contribution >= 0.6 is 0 Å². The SMILES string of the molecule is N#CC(C#N)CO[B]C(F)(F)F. The first kappa shape index (κ1) is 10.8. The second-order valence-corrected chi connectivity index (χ2v) is 1.80. The molecule has 0 heterocycles. The summed E-state index contributed by atoms with van der Waals surface area (Å²) in [6.07, 6.45) is -4.53. The number of hydrogen-bond donors (Lipinski definition) is 0. The number of hydrogen-bond acceptors (Lipinski definition) is 3. The summed E-state index contributed by atoms with van der Waals surface area (Å²) in [5.74, 6) is -1.16. The molecule has 0 aliphatic carbocycles. The van der Waals surface area contributed by atoms with Gasteiger partial charge in [-0.1, -0.05) is 0 Å². The lowest BCUT2D eigenvalue weighted by atomic mass is 10.0. The van der Waals surface area contributed by atoms with Crippen LogP contribution in [0.5, 0.6) is 0 Å². The van der Waals surface area contributed by atoms with Crippen molar-refractivity contribution in [2.24, 2.45) is 5.92 Å². The van der Waals surface area contributed by atoms with E-state index in [0.29, 0.717) is 0 Å². The van der Waals surface area contributed by atoms with Crippen LogP contribution in [0.2, 0.25) is 0 Å². The van der Waals surface area contributed by atoms with Crippen molar-refractivity contribution in [3.63, 3.8) is 0 Å². The van der Waals surface area contributed by atoms with Crippen molar-refractivity contribution in [2.45, 2.75) is 6.08 Å². The Bertz CT molecular complexity index is 202. The van der Waals surface area contributed by atoms with E-state index in [9.17, 15) is 13.2 Å². The molecule has 0 N–H and O–H groups in total. The van der Waals surface area contributed by atoms with E-state index in [1.54, 1.807) is 0 Å². The highest BCUT2D eigenvalue weighted by atomic mass is 19.4. The van der Waals surface area contributed by atoms with Gasteiger partial charge in [0.25, 0.3) is 0 Å². The average molecular weight is 175 g/mol. The summed E-state index contributed by atoms with van der Waals surface area (Å²) in [5, 5.41) is 16.2. The summed E-state index contributed by atoms with van der Waals surface area (Å²) in [4.78, 5) is 0. The Morgan fingerprint density at radius 3 is 2.17 bits per heavy atom. The molecule has 0 aromatic heterocycles. The summed E-state index contributed by atoms with van der Waals surface area (Å²) in [7, 11) is -0.352. The molecule has 63 valence electrons. The van der Waals surface area contributed by atoms with Crippen LogP contribution in [0.1, 0.15) is 0 Å². The third-order valence-corrected chi connectivity index (χ3v) is 0.792. The van der Waals surface area contributed by atoms with Crippen molar-refractivity contribution < 1.29 is 17.8 Å². The zero-order chi connectivity index (χ0) is 9.61. The first-order valence-corrected chi connectivity index (χ1v) is 2.81. The lowest BCUT2D eigenvalue weighted by molar-refractivity contribution is -0.0598. The highest BCUT2D eigenvalue weighted by molar-refractivity contribution is 6.29. The maximum Gasteiger partial charge on any atom is 0.429 e. The van der Waals surface area contributed by atoms with E-state index in [-0.39, 0.29) is 7.48 Å². The summed E-state index contributed by atoms with van der Waals surface area (Å²) < 4.78 is 38.0. The molecule has 12 heavy (non-hydrogen) atoms. The van der Waals surface area contributed by atoms with Gasteiger partial charge in [-0.25, -0.2) is 0 Å². The van der Waals surface area contributed by atoms with Gasteiger partial charge < -0.3 is 4.65 Å². The molecule has 0 aliphatic rings. The summed E-state index contributed by atoms with van der Waals surface area (Å²) in [6.45, 7) is -0.563. The van der Waals surface area contributed by atoms with Gasteiger partial charge in [0.2, 0.25) is 0 Å². The van der Waals surface area contributed by atoms with Gasteiger partial charge >= 0.3 is 13.6 Å². The highest BCUT2D eigenvalue weighted by Crippen LogP contribution is 2.12. The first-order valence-electron chi connectivity index (χ1n) is 2.81. The third-order valence-electron chi connectivity index (χ3n) is 0.792. The van der Waals surface area contributed by atoms with Gasteiger partial charge in [0.1, 0.15) is 0 Å². The van der Waals surface area contributed by atoms with Crippen LogP contribution in [0.3, 0.4) is 0 Å². The van der Waals surface area contributed by atoms with E-state index in [2.05, 4.69) is 4.65 Å². The number of rotatable bonds is 3. The van der Waals surface area contributed by atoms with Crippen molar-refractivity contribution in [1.29, 1.82) is 10.5 Å². The van der Waals surface area contributed by atoms with Gasteiger partial charge in [0.15, 0.2) is 5.92 Å². The van der Waals surface area contributed by atoms with Crippen LogP contribution in [-0.4, -0.2) is 20.2 Å². The second kappa shape index (κ2) is 4.63. The van der Waals surface area contributed by atoms with E-state index in [0.717, 1.165) is 0 Å². The molecular weight excluding hydrogens is 172 g/mol. The van der Waals surface area contributed by atoms with Crippen LogP contribution in [0.4, 0.5) is 13.2 Å². The number of halogens is 3. The standard InChI is InChI=1S/C5H3BF3N2O/c7-5(8,9)6-12-3-4(1-10)2-11/h4H,3H2. The minimum Gasteiger partial charge on any atom is -0.429 e. The molecule has 0 atom stereocenters. The molecule has 0 fully saturated rings. The molecule has 0 bridgehead atoms. The lowest BCUT2D eigenvalue weighted by Crippen LogP contribution is -2.23. The fourth-order valence-corrected chi connectivity index (χ4v) is 0.342. The first-order chi connectivity index (χ1) is 5.49.